The second kappa shape index (κ2) is 10.9. The Hall–Kier alpha value is -3.01. The number of nitrogens with zero attached hydrogens (tertiary/aromatic N) is 3. The third kappa shape index (κ3) is 7.25. The first-order valence-corrected chi connectivity index (χ1v) is 13.9. The molecule has 2 aromatic carbocycles. The molecule has 1 fully saturated rings. The molecule has 1 aliphatic rings. The molecule has 36 heavy (non-hydrogen) atoms. The molecule has 0 radical (unpaired) electrons. The van der Waals surface area contributed by atoms with E-state index in [1.165, 1.54) is 24.8 Å². The van der Waals surface area contributed by atoms with E-state index in [4.69, 9.17) is 0 Å². The van der Waals surface area contributed by atoms with Crippen molar-refractivity contribution in [1.29, 1.82) is 0 Å². The number of nitrogens with one attached hydrogen (secondary N) is 3. The maximum atomic E-state index is 12.8. The van der Waals surface area contributed by atoms with Crippen LogP contribution >= 0.6 is 0 Å². The van der Waals surface area contributed by atoms with Gasteiger partial charge in [-0.05, 0) is 89.5 Å². The molecule has 2 heterocycles. The number of hydrogen-bond donors (Lipinski definition) is 3. The van der Waals surface area contributed by atoms with Crippen molar-refractivity contribution in [1.82, 2.24) is 19.6 Å². The molecule has 1 aromatic heterocycles. The van der Waals surface area contributed by atoms with Gasteiger partial charge in [-0.1, -0.05) is 24.6 Å². The first-order valence-electron chi connectivity index (χ1n) is 12.4. The lowest BCUT2D eigenvalue weighted by Crippen LogP contribution is -2.40. The zero-order chi connectivity index (χ0) is 25.8. The summed E-state index contributed by atoms with van der Waals surface area (Å²) in [5.41, 5.74) is 3.09. The van der Waals surface area contributed by atoms with Crippen LogP contribution in [0.4, 0.5) is 23.1 Å². The van der Waals surface area contributed by atoms with Crippen molar-refractivity contribution >= 4 is 33.2 Å². The number of rotatable bonds is 8. The van der Waals surface area contributed by atoms with Crippen LogP contribution in [0.3, 0.4) is 0 Å². The molecule has 192 valence electrons. The van der Waals surface area contributed by atoms with Crippen molar-refractivity contribution in [2.45, 2.75) is 63.9 Å². The van der Waals surface area contributed by atoms with Crippen molar-refractivity contribution in [3.63, 3.8) is 0 Å². The molecule has 0 saturated carbocycles. The minimum atomic E-state index is -3.65. The average molecular weight is 509 g/mol. The summed E-state index contributed by atoms with van der Waals surface area (Å²) in [5, 5.41) is 6.56. The number of likely N-dealkylation sites (tertiary alicyclic amines) is 1. The summed E-state index contributed by atoms with van der Waals surface area (Å²) in [6, 6.07) is 15.1. The van der Waals surface area contributed by atoms with Crippen LogP contribution in [0.2, 0.25) is 0 Å². The molecule has 8 nitrogen and oxygen atoms in total. The SMILES string of the molecule is Cc1cnc(Nc2cccc(CN3CCCCC3)c2)nc1Nc1cccc(S(=O)(=O)NC(C)(C)C)c1. The Balaban J connectivity index is 1.48. The molecular formula is C27H36N6O2S. The zero-order valence-corrected chi connectivity index (χ0v) is 22.3. The van der Waals surface area contributed by atoms with E-state index in [0.717, 1.165) is 30.9 Å². The molecule has 3 N–H and O–H groups in total. The number of benzene rings is 2. The fourth-order valence-electron chi connectivity index (χ4n) is 4.22. The van der Waals surface area contributed by atoms with Crippen molar-refractivity contribution in [3.8, 4) is 0 Å². The van der Waals surface area contributed by atoms with E-state index in [0.29, 0.717) is 17.5 Å². The second-order valence-electron chi connectivity index (χ2n) is 10.4. The number of piperidine rings is 1. The molecule has 4 rings (SSSR count). The molecule has 9 heteroatoms. The Morgan fingerprint density at radius 2 is 1.64 bits per heavy atom. The fourth-order valence-corrected chi connectivity index (χ4v) is 5.68. The Morgan fingerprint density at radius 1 is 0.944 bits per heavy atom. The smallest absolute Gasteiger partial charge is 0.241 e. The van der Waals surface area contributed by atoms with Gasteiger partial charge in [0.15, 0.2) is 0 Å². The predicted molar refractivity (Wildman–Crippen MR) is 145 cm³/mol. The normalized spacial score (nSPS) is 15.0. The van der Waals surface area contributed by atoms with Crippen molar-refractivity contribution in [2.24, 2.45) is 0 Å². The highest BCUT2D eigenvalue weighted by molar-refractivity contribution is 7.89. The van der Waals surface area contributed by atoms with Crippen LogP contribution in [-0.4, -0.2) is 41.9 Å². The van der Waals surface area contributed by atoms with E-state index >= 15 is 0 Å². The van der Waals surface area contributed by atoms with Crippen LogP contribution in [0.5, 0.6) is 0 Å². The standard InChI is InChI=1S/C27H36N6O2S/c1-20-18-28-26(30-22-11-8-10-21(16-22)19-33-14-6-5-7-15-33)31-25(20)29-23-12-9-13-24(17-23)36(34,35)32-27(2,3)4/h8-13,16-18,32H,5-7,14-15,19H2,1-4H3,(H2,28,29,30,31). The van der Waals surface area contributed by atoms with Gasteiger partial charge in [-0.25, -0.2) is 18.1 Å². The second-order valence-corrected chi connectivity index (χ2v) is 12.1. The predicted octanol–water partition coefficient (Wildman–Crippen LogP) is 5.33. The molecule has 1 saturated heterocycles. The summed E-state index contributed by atoms with van der Waals surface area (Å²) >= 11 is 0. The minimum absolute atomic E-state index is 0.193. The summed E-state index contributed by atoms with van der Waals surface area (Å²) in [5.74, 6) is 1.08. The van der Waals surface area contributed by atoms with Gasteiger partial charge in [0.2, 0.25) is 16.0 Å². The lowest BCUT2D eigenvalue weighted by Gasteiger charge is -2.26. The Bertz CT molecular complexity index is 1300. The van der Waals surface area contributed by atoms with Crippen molar-refractivity contribution < 1.29 is 8.42 Å². The third-order valence-corrected chi connectivity index (χ3v) is 7.61. The van der Waals surface area contributed by atoms with Gasteiger partial charge in [0.05, 0.1) is 4.90 Å². The van der Waals surface area contributed by atoms with Crippen LogP contribution in [0.25, 0.3) is 0 Å². The van der Waals surface area contributed by atoms with Crippen LogP contribution in [0.15, 0.2) is 59.6 Å². The first kappa shape index (κ1) is 26.1. The quantitative estimate of drug-likeness (QED) is 0.378. The number of aryl methyl sites for hydroxylation is 1. The lowest BCUT2D eigenvalue weighted by atomic mass is 10.1. The molecule has 0 unspecified atom stereocenters. The molecule has 0 bridgehead atoms. The highest BCUT2D eigenvalue weighted by Gasteiger charge is 2.22. The lowest BCUT2D eigenvalue weighted by molar-refractivity contribution is 0.221. The van der Waals surface area contributed by atoms with Gasteiger partial charge in [0, 0.05) is 35.2 Å². The maximum Gasteiger partial charge on any atom is 0.241 e. The Labute approximate surface area is 214 Å². The van der Waals surface area contributed by atoms with Crippen molar-refractivity contribution in [2.75, 3.05) is 23.7 Å². The molecule has 0 atom stereocenters. The molecule has 0 aliphatic carbocycles. The van der Waals surface area contributed by atoms with Gasteiger partial charge < -0.3 is 10.6 Å². The van der Waals surface area contributed by atoms with Gasteiger partial charge in [-0.3, -0.25) is 4.90 Å². The summed E-state index contributed by atoms with van der Waals surface area (Å²) in [7, 11) is -3.65. The Kier molecular flexibility index (Phi) is 7.92. The van der Waals surface area contributed by atoms with E-state index in [2.05, 4.69) is 42.4 Å². The van der Waals surface area contributed by atoms with Crippen LogP contribution < -0.4 is 15.4 Å². The van der Waals surface area contributed by atoms with E-state index in [1.54, 1.807) is 24.4 Å². The Morgan fingerprint density at radius 3 is 2.36 bits per heavy atom. The van der Waals surface area contributed by atoms with Crippen LogP contribution in [0, 0.1) is 6.92 Å². The molecule has 0 spiro atoms. The van der Waals surface area contributed by atoms with Gasteiger partial charge in [-0.15, -0.1) is 0 Å². The molecule has 3 aromatic rings. The summed E-state index contributed by atoms with van der Waals surface area (Å²) in [6.45, 7) is 10.6. The molecule has 0 amide bonds. The molecular weight excluding hydrogens is 472 g/mol. The minimum Gasteiger partial charge on any atom is -0.340 e. The van der Waals surface area contributed by atoms with Gasteiger partial charge in [0.25, 0.3) is 0 Å². The van der Waals surface area contributed by atoms with Crippen LogP contribution in [-0.2, 0) is 16.6 Å². The van der Waals surface area contributed by atoms with E-state index in [1.807, 2.05) is 45.9 Å². The highest BCUT2D eigenvalue weighted by atomic mass is 32.2. The highest BCUT2D eigenvalue weighted by Crippen LogP contribution is 2.24. The first-order chi connectivity index (χ1) is 17.1. The zero-order valence-electron chi connectivity index (χ0n) is 21.5. The van der Waals surface area contributed by atoms with Gasteiger partial charge >= 0.3 is 0 Å². The van der Waals surface area contributed by atoms with E-state index in [-0.39, 0.29) is 4.90 Å². The number of hydrogen-bond acceptors (Lipinski definition) is 7. The topological polar surface area (TPSA) is 99.2 Å². The largest absolute Gasteiger partial charge is 0.340 e. The number of anilines is 4. The van der Waals surface area contributed by atoms with Crippen molar-refractivity contribution in [3.05, 3.63) is 65.9 Å². The summed E-state index contributed by atoms with van der Waals surface area (Å²) in [6.07, 6.45) is 5.61. The monoisotopic (exact) mass is 508 g/mol. The molecule has 1 aliphatic heterocycles. The maximum absolute atomic E-state index is 12.8. The van der Waals surface area contributed by atoms with E-state index < -0.39 is 15.6 Å². The fraction of sp³-hybridized carbons (Fsp3) is 0.407. The van der Waals surface area contributed by atoms with Crippen LogP contribution in [0.1, 0.15) is 51.2 Å². The van der Waals surface area contributed by atoms with E-state index in [9.17, 15) is 8.42 Å². The van der Waals surface area contributed by atoms with Gasteiger partial charge in [-0.2, -0.15) is 4.98 Å². The summed E-state index contributed by atoms with van der Waals surface area (Å²) in [4.78, 5) is 11.8. The third-order valence-electron chi connectivity index (χ3n) is 5.86. The number of aromatic nitrogens is 2. The summed E-state index contributed by atoms with van der Waals surface area (Å²) < 4.78 is 28.2. The van der Waals surface area contributed by atoms with Gasteiger partial charge in [0.1, 0.15) is 5.82 Å². The average Bonchev–Trinajstić information content (AvgIpc) is 2.81. The number of sulfonamides is 1.